The number of fused-ring (bicyclic) bond motifs is 1. The number of nitrogens with zero attached hydrogens (tertiary/aromatic N) is 1. The fraction of sp³-hybridized carbons (Fsp3) is 0.619. The van der Waals surface area contributed by atoms with Crippen molar-refractivity contribution in [1.82, 2.24) is 14.9 Å². The van der Waals surface area contributed by atoms with Crippen molar-refractivity contribution in [3.8, 4) is 0 Å². The summed E-state index contributed by atoms with van der Waals surface area (Å²) in [6.07, 6.45) is 4.55. The lowest BCUT2D eigenvalue weighted by molar-refractivity contribution is 0.0947. The van der Waals surface area contributed by atoms with Gasteiger partial charge in [-0.2, -0.15) is 0 Å². The molecule has 1 unspecified atom stereocenters. The molecule has 0 saturated carbocycles. The van der Waals surface area contributed by atoms with Crippen LogP contribution in [0.3, 0.4) is 0 Å². The minimum absolute atomic E-state index is 0.0230. The van der Waals surface area contributed by atoms with E-state index in [0.717, 1.165) is 18.4 Å². The molecule has 0 aliphatic rings. The molecule has 5 nitrogen and oxygen atoms in total. The summed E-state index contributed by atoms with van der Waals surface area (Å²) in [6, 6.07) is 5.52. The number of carbonyl (C=O) groups is 1. The topological polar surface area (TPSA) is 66.9 Å². The predicted molar refractivity (Wildman–Crippen MR) is 108 cm³/mol. The molecule has 0 spiro atoms. The predicted octanol–water partition coefficient (Wildman–Crippen LogP) is 4.32. The summed E-state index contributed by atoms with van der Waals surface area (Å²) < 4.78 is 1.72. The zero-order valence-electron chi connectivity index (χ0n) is 16.8. The van der Waals surface area contributed by atoms with E-state index in [1.807, 2.05) is 12.1 Å². The molecule has 0 radical (unpaired) electrons. The number of aromatic nitrogens is 2. The quantitative estimate of drug-likeness (QED) is 0.737. The SMILES string of the molecule is CCCCC(CC)CNC(=O)c1cccc2c1[nH]c(=O)n2CC(C)(C)C. The zero-order chi connectivity index (χ0) is 19.3. The minimum Gasteiger partial charge on any atom is -0.352 e. The van der Waals surface area contributed by atoms with Crippen LogP contribution in [0.5, 0.6) is 0 Å². The minimum atomic E-state index is -0.162. The fourth-order valence-corrected chi connectivity index (χ4v) is 3.28. The number of unbranched alkanes of at least 4 members (excludes halogenated alkanes) is 1. The molecule has 5 heteroatoms. The Balaban J connectivity index is 2.23. The van der Waals surface area contributed by atoms with Crippen LogP contribution in [0.4, 0.5) is 0 Å². The second-order valence-corrected chi connectivity index (χ2v) is 8.40. The molecule has 1 aromatic heterocycles. The van der Waals surface area contributed by atoms with Crippen molar-refractivity contribution in [3.63, 3.8) is 0 Å². The van der Waals surface area contributed by atoms with E-state index in [9.17, 15) is 9.59 Å². The molecule has 1 amide bonds. The van der Waals surface area contributed by atoms with Crippen molar-refractivity contribution in [3.05, 3.63) is 34.2 Å². The van der Waals surface area contributed by atoms with Gasteiger partial charge < -0.3 is 10.3 Å². The highest BCUT2D eigenvalue weighted by Gasteiger charge is 2.19. The zero-order valence-corrected chi connectivity index (χ0v) is 16.8. The molecule has 1 heterocycles. The monoisotopic (exact) mass is 359 g/mol. The van der Waals surface area contributed by atoms with Crippen molar-refractivity contribution in [2.75, 3.05) is 6.54 Å². The average molecular weight is 360 g/mol. The van der Waals surface area contributed by atoms with Gasteiger partial charge in [0.25, 0.3) is 5.91 Å². The van der Waals surface area contributed by atoms with Gasteiger partial charge in [0, 0.05) is 13.1 Å². The van der Waals surface area contributed by atoms with E-state index in [4.69, 9.17) is 0 Å². The Labute approximate surface area is 156 Å². The summed E-state index contributed by atoms with van der Waals surface area (Å²) >= 11 is 0. The number of carbonyl (C=O) groups excluding carboxylic acids is 1. The Kier molecular flexibility index (Phi) is 6.68. The second kappa shape index (κ2) is 8.56. The van der Waals surface area contributed by atoms with Crippen LogP contribution in [0.25, 0.3) is 11.0 Å². The van der Waals surface area contributed by atoms with Gasteiger partial charge in [0.2, 0.25) is 0 Å². The maximum atomic E-state index is 12.7. The maximum absolute atomic E-state index is 12.7. The summed E-state index contributed by atoms with van der Waals surface area (Å²) in [5.74, 6) is 0.386. The number of nitrogens with one attached hydrogen (secondary N) is 2. The number of amides is 1. The first-order valence-electron chi connectivity index (χ1n) is 9.76. The number of para-hydroxylation sites is 1. The summed E-state index contributed by atoms with van der Waals surface area (Å²) in [5.41, 5.74) is 1.77. The molecule has 0 saturated heterocycles. The number of aromatic amines is 1. The Morgan fingerprint density at radius 3 is 2.62 bits per heavy atom. The van der Waals surface area contributed by atoms with Crippen LogP contribution in [-0.4, -0.2) is 22.0 Å². The van der Waals surface area contributed by atoms with E-state index in [1.54, 1.807) is 10.6 Å². The number of H-pyrrole nitrogens is 1. The van der Waals surface area contributed by atoms with Gasteiger partial charge >= 0.3 is 5.69 Å². The highest BCUT2D eigenvalue weighted by Crippen LogP contribution is 2.21. The van der Waals surface area contributed by atoms with Gasteiger partial charge in [0.15, 0.2) is 0 Å². The molecule has 1 atom stereocenters. The lowest BCUT2D eigenvalue weighted by atomic mass is 9.97. The summed E-state index contributed by atoms with van der Waals surface area (Å²) in [4.78, 5) is 28.0. The van der Waals surface area contributed by atoms with Crippen LogP contribution in [0.15, 0.2) is 23.0 Å². The Morgan fingerprint density at radius 1 is 1.27 bits per heavy atom. The largest absolute Gasteiger partial charge is 0.352 e. The fourth-order valence-electron chi connectivity index (χ4n) is 3.28. The smallest absolute Gasteiger partial charge is 0.326 e. The van der Waals surface area contributed by atoms with Crippen LogP contribution in [0.1, 0.15) is 70.7 Å². The van der Waals surface area contributed by atoms with Gasteiger partial charge in [-0.05, 0) is 29.9 Å². The first-order valence-corrected chi connectivity index (χ1v) is 9.76. The normalized spacial score (nSPS) is 13.1. The molecule has 2 aromatic rings. The van der Waals surface area contributed by atoms with Crippen LogP contribution >= 0.6 is 0 Å². The van der Waals surface area contributed by atoms with E-state index < -0.39 is 0 Å². The Morgan fingerprint density at radius 2 is 2.00 bits per heavy atom. The number of hydrogen-bond donors (Lipinski definition) is 2. The van der Waals surface area contributed by atoms with Crippen LogP contribution in [0.2, 0.25) is 0 Å². The number of hydrogen-bond acceptors (Lipinski definition) is 2. The van der Waals surface area contributed by atoms with E-state index in [1.165, 1.54) is 12.8 Å². The number of imidazole rings is 1. The molecule has 1 aromatic carbocycles. The molecule has 0 aliphatic carbocycles. The van der Waals surface area contributed by atoms with Gasteiger partial charge in [-0.25, -0.2) is 4.79 Å². The average Bonchev–Trinajstić information content (AvgIpc) is 2.89. The van der Waals surface area contributed by atoms with Gasteiger partial charge in [0.1, 0.15) is 0 Å². The molecular formula is C21H33N3O2. The lowest BCUT2D eigenvalue weighted by Crippen LogP contribution is -2.29. The molecule has 0 aliphatic heterocycles. The van der Waals surface area contributed by atoms with Gasteiger partial charge in [-0.15, -0.1) is 0 Å². The first kappa shape index (κ1) is 20.3. The van der Waals surface area contributed by atoms with Crippen molar-refractivity contribution >= 4 is 16.9 Å². The van der Waals surface area contributed by atoms with E-state index in [-0.39, 0.29) is 17.0 Å². The number of rotatable bonds is 8. The van der Waals surface area contributed by atoms with Crippen molar-refractivity contribution < 1.29 is 4.79 Å². The standard InChI is InChI=1S/C21H33N3O2/c1-6-8-10-15(7-2)13-22-19(25)16-11-9-12-17-18(16)23-20(26)24(17)14-21(3,4)5/h9,11-12,15H,6-8,10,13-14H2,1-5H3,(H,22,25)(H,23,26). The number of benzene rings is 1. The molecule has 144 valence electrons. The molecule has 0 bridgehead atoms. The lowest BCUT2D eigenvalue weighted by Gasteiger charge is -2.18. The van der Waals surface area contributed by atoms with Crippen LogP contribution < -0.4 is 11.0 Å². The van der Waals surface area contributed by atoms with E-state index in [2.05, 4.69) is 44.9 Å². The van der Waals surface area contributed by atoms with Crippen molar-refractivity contribution in [1.29, 1.82) is 0 Å². The van der Waals surface area contributed by atoms with Crippen LogP contribution in [-0.2, 0) is 6.54 Å². The summed E-state index contributed by atoms with van der Waals surface area (Å²) in [6.45, 7) is 11.9. The highest BCUT2D eigenvalue weighted by molar-refractivity contribution is 6.04. The third kappa shape index (κ3) is 4.99. The molecule has 0 fully saturated rings. The maximum Gasteiger partial charge on any atom is 0.326 e. The van der Waals surface area contributed by atoms with Gasteiger partial charge in [-0.3, -0.25) is 9.36 Å². The molecule has 26 heavy (non-hydrogen) atoms. The highest BCUT2D eigenvalue weighted by atomic mass is 16.2. The Bertz CT molecular complexity index is 796. The molecular weight excluding hydrogens is 326 g/mol. The van der Waals surface area contributed by atoms with E-state index in [0.29, 0.717) is 30.1 Å². The van der Waals surface area contributed by atoms with Gasteiger partial charge in [0.05, 0.1) is 16.6 Å². The van der Waals surface area contributed by atoms with E-state index >= 15 is 0 Å². The Hall–Kier alpha value is -2.04. The van der Waals surface area contributed by atoms with Gasteiger partial charge in [-0.1, -0.05) is 59.9 Å². The first-order chi connectivity index (χ1) is 12.3. The summed E-state index contributed by atoms with van der Waals surface area (Å²) in [5, 5.41) is 3.06. The molecule has 2 rings (SSSR count). The summed E-state index contributed by atoms with van der Waals surface area (Å²) in [7, 11) is 0. The second-order valence-electron chi connectivity index (χ2n) is 8.40. The van der Waals surface area contributed by atoms with Crippen LogP contribution in [0, 0.1) is 11.3 Å². The molecule has 2 N–H and O–H groups in total. The third-order valence-electron chi connectivity index (χ3n) is 4.78. The van der Waals surface area contributed by atoms with Crippen molar-refractivity contribution in [2.45, 2.75) is 66.8 Å². The van der Waals surface area contributed by atoms with Crippen molar-refractivity contribution in [2.24, 2.45) is 11.3 Å². The third-order valence-corrected chi connectivity index (χ3v) is 4.78.